The molecule has 10 nitrogen and oxygen atoms in total. The molecule has 1 fully saturated rings. The molecule has 7 rings (SSSR count). The minimum absolute atomic E-state index is 0.0661. The standard InChI is InChI=1S/C27H27N3O7/c1-3-27(33)18-10-19-22-16(11-30(19)25(31)17(18)12-35-26(27)32)24-21-20(36-13-37-24)5-4-15(23(21)28-22)14(2)29-6-8-34-9-7-29/h4-5,10,14,33H,3,6-9,11-13H2,1-2H3/t14-,27-/m0/s1. The number of carbonyl (C=O) groups is 1. The van der Waals surface area contributed by atoms with Gasteiger partial charge in [-0.15, -0.1) is 0 Å². The van der Waals surface area contributed by atoms with Gasteiger partial charge in [-0.3, -0.25) is 9.69 Å². The predicted molar refractivity (Wildman–Crippen MR) is 131 cm³/mol. The Morgan fingerprint density at radius 2 is 1.95 bits per heavy atom. The normalized spacial score (nSPS) is 22.9. The van der Waals surface area contributed by atoms with E-state index in [9.17, 15) is 14.7 Å². The summed E-state index contributed by atoms with van der Waals surface area (Å²) < 4.78 is 24.2. The fourth-order valence-corrected chi connectivity index (χ4v) is 6.07. The van der Waals surface area contributed by atoms with Gasteiger partial charge in [0.2, 0.25) is 6.79 Å². The Balaban J connectivity index is 1.47. The quantitative estimate of drug-likeness (QED) is 0.419. The number of pyridine rings is 2. The molecule has 10 heteroatoms. The van der Waals surface area contributed by atoms with E-state index in [-0.39, 0.29) is 38.0 Å². The first-order chi connectivity index (χ1) is 17.9. The van der Waals surface area contributed by atoms with Crippen molar-refractivity contribution in [2.45, 2.75) is 45.1 Å². The summed E-state index contributed by atoms with van der Waals surface area (Å²) in [6.07, 6.45) is 0.0933. The molecule has 6 heterocycles. The minimum atomic E-state index is -1.87. The summed E-state index contributed by atoms with van der Waals surface area (Å²) in [5.41, 5.74) is 2.19. The number of carbonyl (C=O) groups excluding carboxylic acids is 1. The summed E-state index contributed by atoms with van der Waals surface area (Å²) in [6, 6.07) is 5.82. The Morgan fingerprint density at radius 3 is 2.73 bits per heavy atom. The monoisotopic (exact) mass is 505 g/mol. The second-order valence-corrected chi connectivity index (χ2v) is 9.98. The van der Waals surface area contributed by atoms with E-state index < -0.39 is 11.6 Å². The van der Waals surface area contributed by atoms with Crippen LogP contribution in [0.15, 0.2) is 23.0 Å². The number of hydrogen-bond acceptors (Lipinski definition) is 9. The van der Waals surface area contributed by atoms with Gasteiger partial charge in [0.1, 0.15) is 18.1 Å². The lowest BCUT2D eigenvalue weighted by atomic mass is 9.86. The lowest BCUT2D eigenvalue weighted by Crippen LogP contribution is -2.44. The molecule has 37 heavy (non-hydrogen) atoms. The van der Waals surface area contributed by atoms with Gasteiger partial charge in [0, 0.05) is 30.3 Å². The molecule has 0 amide bonds. The summed E-state index contributed by atoms with van der Waals surface area (Å²) >= 11 is 0. The molecule has 1 saturated heterocycles. The maximum Gasteiger partial charge on any atom is 0.343 e. The Hall–Kier alpha value is -3.47. The van der Waals surface area contributed by atoms with Crippen LogP contribution in [-0.4, -0.2) is 58.6 Å². The Kier molecular flexibility index (Phi) is 4.92. The Bertz CT molecular complexity index is 1540. The second kappa shape index (κ2) is 8.01. The van der Waals surface area contributed by atoms with Crippen LogP contribution in [0.4, 0.5) is 0 Å². The van der Waals surface area contributed by atoms with E-state index in [2.05, 4.69) is 11.8 Å². The SMILES string of the molecule is CC[C@@]1(O)C(=O)OCc2c1cc1n(c2=O)Cc2c-1nc1c([C@H](C)N3CCOCC3)ccc3c1c2OCO3. The highest BCUT2D eigenvalue weighted by Gasteiger charge is 2.45. The van der Waals surface area contributed by atoms with E-state index in [1.54, 1.807) is 17.6 Å². The van der Waals surface area contributed by atoms with Crippen LogP contribution in [0.2, 0.25) is 0 Å². The number of aromatic nitrogens is 2. The van der Waals surface area contributed by atoms with E-state index in [1.807, 2.05) is 12.1 Å². The number of benzene rings is 1. The summed E-state index contributed by atoms with van der Waals surface area (Å²) in [7, 11) is 0. The number of rotatable bonds is 3. The highest BCUT2D eigenvalue weighted by molar-refractivity contribution is 5.98. The van der Waals surface area contributed by atoms with Gasteiger partial charge >= 0.3 is 5.97 Å². The summed E-state index contributed by atoms with van der Waals surface area (Å²) in [5, 5.41) is 12.0. The fourth-order valence-electron chi connectivity index (χ4n) is 6.07. The average Bonchev–Trinajstić information content (AvgIpc) is 3.31. The van der Waals surface area contributed by atoms with Crippen LogP contribution < -0.4 is 15.0 Å². The molecular formula is C27H27N3O7. The third-order valence-corrected chi connectivity index (χ3v) is 8.24. The van der Waals surface area contributed by atoms with E-state index >= 15 is 0 Å². The molecule has 1 aromatic carbocycles. The second-order valence-electron chi connectivity index (χ2n) is 9.98. The first kappa shape index (κ1) is 22.7. The number of fused-ring (bicyclic) bond motifs is 5. The number of aliphatic hydroxyl groups is 1. The van der Waals surface area contributed by atoms with E-state index in [4.69, 9.17) is 23.9 Å². The van der Waals surface area contributed by atoms with Gasteiger partial charge < -0.3 is 28.6 Å². The van der Waals surface area contributed by atoms with Gasteiger partial charge in [-0.2, -0.15) is 0 Å². The minimum Gasteiger partial charge on any atom is -0.458 e. The maximum absolute atomic E-state index is 13.6. The predicted octanol–water partition coefficient (Wildman–Crippen LogP) is 2.20. The molecule has 0 radical (unpaired) electrons. The molecule has 4 aliphatic heterocycles. The molecule has 1 N–H and O–H groups in total. The number of esters is 1. The van der Waals surface area contributed by atoms with Crippen LogP contribution in [0.25, 0.3) is 22.3 Å². The van der Waals surface area contributed by atoms with Crippen molar-refractivity contribution >= 4 is 16.9 Å². The molecule has 192 valence electrons. The number of nitrogens with zero attached hydrogens (tertiary/aromatic N) is 3. The lowest BCUT2D eigenvalue weighted by molar-refractivity contribution is -0.172. The molecule has 0 spiro atoms. The molecule has 0 unspecified atom stereocenters. The summed E-state index contributed by atoms with van der Waals surface area (Å²) in [4.78, 5) is 33.6. The highest BCUT2D eigenvalue weighted by Crippen LogP contribution is 2.48. The lowest BCUT2D eigenvalue weighted by Gasteiger charge is -2.33. The van der Waals surface area contributed by atoms with Crippen LogP contribution in [-0.2, 0) is 33.0 Å². The van der Waals surface area contributed by atoms with Crippen molar-refractivity contribution in [2.24, 2.45) is 0 Å². The maximum atomic E-state index is 13.6. The van der Waals surface area contributed by atoms with Gasteiger partial charge in [-0.25, -0.2) is 9.78 Å². The number of ether oxygens (including phenoxy) is 4. The van der Waals surface area contributed by atoms with Gasteiger partial charge in [-0.05, 0) is 31.0 Å². The van der Waals surface area contributed by atoms with Crippen molar-refractivity contribution in [3.63, 3.8) is 0 Å². The average molecular weight is 506 g/mol. The first-order valence-electron chi connectivity index (χ1n) is 12.7. The van der Waals surface area contributed by atoms with Gasteiger partial charge in [-0.1, -0.05) is 13.0 Å². The summed E-state index contributed by atoms with van der Waals surface area (Å²) in [5.74, 6) is 0.626. The zero-order valence-electron chi connectivity index (χ0n) is 20.7. The molecule has 4 aliphatic rings. The fraction of sp³-hybridized carbons (Fsp3) is 0.444. The largest absolute Gasteiger partial charge is 0.458 e. The van der Waals surface area contributed by atoms with Crippen molar-refractivity contribution in [3.05, 3.63) is 50.8 Å². The number of morpholine rings is 1. The van der Waals surface area contributed by atoms with E-state index in [1.165, 1.54) is 0 Å². The first-order valence-corrected chi connectivity index (χ1v) is 12.7. The number of hydrogen-bond donors (Lipinski definition) is 1. The van der Waals surface area contributed by atoms with Crippen molar-refractivity contribution in [1.82, 2.24) is 14.5 Å². The number of cyclic esters (lactones) is 1. The zero-order valence-corrected chi connectivity index (χ0v) is 20.7. The van der Waals surface area contributed by atoms with Crippen LogP contribution in [0.5, 0.6) is 11.5 Å². The van der Waals surface area contributed by atoms with Crippen molar-refractivity contribution in [2.75, 3.05) is 33.1 Å². The van der Waals surface area contributed by atoms with Crippen LogP contribution in [0.1, 0.15) is 48.6 Å². The topological polar surface area (TPSA) is 112 Å². The van der Waals surface area contributed by atoms with Crippen molar-refractivity contribution < 1.29 is 28.8 Å². The zero-order chi connectivity index (χ0) is 25.5. The van der Waals surface area contributed by atoms with Crippen LogP contribution >= 0.6 is 0 Å². The third-order valence-electron chi connectivity index (χ3n) is 8.24. The smallest absolute Gasteiger partial charge is 0.343 e. The molecule has 2 atom stereocenters. The van der Waals surface area contributed by atoms with E-state index in [0.717, 1.165) is 35.1 Å². The molecule has 0 aliphatic carbocycles. The molecule has 3 aromatic rings. The van der Waals surface area contributed by atoms with Gasteiger partial charge in [0.25, 0.3) is 5.56 Å². The third kappa shape index (κ3) is 3.06. The molecule has 0 bridgehead atoms. The van der Waals surface area contributed by atoms with Gasteiger partial charge in [0.05, 0.1) is 47.6 Å². The van der Waals surface area contributed by atoms with Crippen LogP contribution in [0.3, 0.4) is 0 Å². The van der Waals surface area contributed by atoms with E-state index in [0.29, 0.717) is 47.2 Å². The van der Waals surface area contributed by atoms with Crippen molar-refractivity contribution in [3.8, 4) is 22.9 Å². The molecular weight excluding hydrogens is 478 g/mol. The Labute approximate surface area is 212 Å². The Morgan fingerprint density at radius 1 is 1.14 bits per heavy atom. The van der Waals surface area contributed by atoms with Gasteiger partial charge in [0.15, 0.2) is 5.60 Å². The molecule has 2 aromatic heterocycles. The molecule has 0 saturated carbocycles. The van der Waals surface area contributed by atoms with Crippen LogP contribution in [0, 0.1) is 0 Å². The van der Waals surface area contributed by atoms with Crippen molar-refractivity contribution in [1.29, 1.82) is 0 Å². The highest BCUT2D eigenvalue weighted by atomic mass is 16.7. The summed E-state index contributed by atoms with van der Waals surface area (Å²) in [6.45, 7) is 7.05.